The van der Waals surface area contributed by atoms with Crippen LogP contribution in [0.4, 0.5) is 0 Å². The molecule has 3 aromatic heterocycles. The van der Waals surface area contributed by atoms with Crippen LogP contribution in [0.1, 0.15) is 54.5 Å². The smallest absolute Gasteiger partial charge is 0.276 e. The number of thiophene rings is 1. The first-order chi connectivity index (χ1) is 14.6. The highest BCUT2D eigenvalue weighted by molar-refractivity contribution is 7.16. The molecule has 3 atom stereocenters. The molecule has 160 valence electrons. The molecule has 2 fully saturated rings. The lowest BCUT2D eigenvalue weighted by Gasteiger charge is -2.16. The molecular formula is C21H26ClN5O2S. The Kier molecular flexibility index (Phi) is 5.66. The highest BCUT2D eigenvalue weighted by atomic mass is 35.5. The highest BCUT2D eigenvalue weighted by Gasteiger charge is 2.33. The van der Waals surface area contributed by atoms with E-state index in [-0.39, 0.29) is 17.4 Å². The molecule has 1 N–H and O–H groups in total. The van der Waals surface area contributed by atoms with Crippen LogP contribution in [0.25, 0.3) is 5.52 Å². The molecule has 0 aromatic carbocycles. The lowest BCUT2D eigenvalue weighted by atomic mass is 9.97. The maximum atomic E-state index is 12.8. The molecule has 2 saturated heterocycles. The average Bonchev–Trinajstić information content (AvgIpc) is 3.36. The van der Waals surface area contributed by atoms with Gasteiger partial charge in [0, 0.05) is 49.6 Å². The minimum absolute atomic E-state index is 0.112. The standard InChI is InChI=1S/C21H26ClN5O2S/c1-13-10-26(11-15-4-5-18(22)30-15)12-16(13)19-24-21(28)17-9-23-20(27(17)25-19)14-3-2-7-29-8-6-14/h4-5,9,13-14,16H,2-3,6-8,10-12H2,1H3,(H,24,25,28). The minimum Gasteiger partial charge on any atom is -0.381 e. The number of hydrogen-bond acceptors (Lipinski definition) is 6. The third kappa shape index (κ3) is 3.93. The molecule has 3 aromatic rings. The molecule has 2 aliphatic rings. The Balaban J connectivity index is 1.42. The number of halogens is 1. The molecule has 2 aliphatic heterocycles. The monoisotopic (exact) mass is 447 g/mol. The number of rotatable bonds is 4. The number of imidazole rings is 1. The molecule has 7 nitrogen and oxygen atoms in total. The van der Waals surface area contributed by atoms with Gasteiger partial charge < -0.3 is 9.72 Å². The van der Waals surface area contributed by atoms with Crippen molar-refractivity contribution in [2.45, 2.75) is 44.6 Å². The van der Waals surface area contributed by atoms with E-state index in [0.717, 1.165) is 68.1 Å². The molecule has 0 amide bonds. The van der Waals surface area contributed by atoms with Crippen LogP contribution in [0.2, 0.25) is 4.34 Å². The molecule has 0 saturated carbocycles. The van der Waals surface area contributed by atoms with Gasteiger partial charge in [-0.3, -0.25) is 9.69 Å². The van der Waals surface area contributed by atoms with Gasteiger partial charge in [-0.15, -0.1) is 11.3 Å². The fourth-order valence-corrected chi connectivity index (χ4v) is 5.88. The van der Waals surface area contributed by atoms with Gasteiger partial charge in [0.2, 0.25) is 0 Å². The Bertz CT molecular complexity index is 1080. The first-order valence-corrected chi connectivity index (χ1v) is 11.8. The zero-order valence-corrected chi connectivity index (χ0v) is 18.6. The van der Waals surface area contributed by atoms with Crippen molar-refractivity contribution in [3.05, 3.63) is 49.5 Å². The van der Waals surface area contributed by atoms with Gasteiger partial charge >= 0.3 is 0 Å². The van der Waals surface area contributed by atoms with Crippen LogP contribution >= 0.6 is 22.9 Å². The zero-order chi connectivity index (χ0) is 20.7. The summed E-state index contributed by atoms with van der Waals surface area (Å²) in [6.45, 7) is 6.48. The number of ether oxygens (including phenoxy) is 1. The van der Waals surface area contributed by atoms with E-state index >= 15 is 0 Å². The Morgan fingerprint density at radius 3 is 3.03 bits per heavy atom. The number of hydrogen-bond donors (Lipinski definition) is 1. The summed E-state index contributed by atoms with van der Waals surface area (Å²) in [7, 11) is 0. The van der Waals surface area contributed by atoms with Gasteiger partial charge in [0.1, 0.15) is 11.6 Å². The van der Waals surface area contributed by atoms with E-state index in [1.165, 1.54) is 4.88 Å². The van der Waals surface area contributed by atoms with Gasteiger partial charge in [0.05, 0.1) is 10.5 Å². The van der Waals surface area contributed by atoms with E-state index in [1.807, 2.05) is 6.07 Å². The molecule has 0 aliphatic carbocycles. The first kappa shape index (κ1) is 20.2. The van der Waals surface area contributed by atoms with Crippen molar-refractivity contribution in [2.75, 3.05) is 26.3 Å². The average molecular weight is 448 g/mol. The molecule has 9 heteroatoms. The van der Waals surface area contributed by atoms with Crippen molar-refractivity contribution in [3.8, 4) is 0 Å². The number of nitrogens with zero attached hydrogens (tertiary/aromatic N) is 4. The van der Waals surface area contributed by atoms with Gasteiger partial charge in [0.25, 0.3) is 5.56 Å². The Labute approximate surface area is 184 Å². The maximum Gasteiger partial charge on any atom is 0.276 e. The van der Waals surface area contributed by atoms with E-state index in [4.69, 9.17) is 21.4 Å². The fraction of sp³-hybridized carbons (Fsp3) is 0.571. The normalized spacial score (nSPS) is 25.7. The summed E-state index contributed by atoms with van der Waals surface area (Å²) in [4.78, 5) is 24.1. The highest BCUT2D eigenvalue weighted by Crippen LogP contribution is 2.33. The van der Waals surface area contributed by atoms with Crippen molar-refractivity contribution in [1.82, 2.24) is 24.5 Å². The molecular weight excluding hydrogens is 422 g/mol. The Morgan fingerprint density at radius 1 is 1.30 bits per heavy atom. The van der Waals surface area contributed by atoms with Gasteiger partial charge in [0.15, 0.2) is 5.52 Å². The predicted molar refractivity (Wildman–Crippen MR) is 118 cm³/mol. The first-order valence-electron chi connectivity index (χ1n) is 10.6. The van der Waals surface area contributed by atoms with Crippen LogP contribution in [0.3, 0.4) is 0 Å². The van der Waals surface area contributed by atoms with Gasteiger partial charge in [-0.05, 0) is 37.3 Å². The van der Waals surface area contributed by atoms with Gasteiger partial charge in [-0.2, -0.15) is 5.10 Å². The van der Waals surface area contributed by atoms with Crippen LogP contribution in [0.5, 0.6) is 0 Å². The van der Waals surface area contributed by atoms with Crippen LogP contribution in [-0.4, -0.2) is 50.8 Å². The second kappa shape index (κ2) is 8.42. The SMILES string of the molecule is CC1CN(Cc2ccc(Cl)s2)CC1c1nn2c(C3CCCOCC3)ncc2c(=O)[nH]1. The summed E-state index contributed by atoms with van der Waals surface area (Å²) in [5, 5.41) is 4.89. The summed E-state index contributed by atoms with van der Waals surface area (Å²) in [5.41, 5.74) is 0.411. The number of aromatic amines is 1. The molecule has 30 heavy (non-hydrogen) atoms. The lowest BCUT2D eigenvalue weighted by Crippen LogP contribution is -2.23. The number of nitrogens with one attached hydrogen (secondary N) is 1. The third-order valence-corrected chi connectivity index (χ3v) is 7.53. The Hall–Kier alpha value is -1.74. The van der Waals surface area contributed by atoms with Crippen molar-refractivity contribution < 1.29 is 4.74 Å². The van der Waals surface area contributed by atoms with E-state index in [1.54, 1.807) is 22.0 Å². The van der Waals surface area contributed by atoms with Crippen molar-refractivity contribution in [1.29, 1.82) is 0 Å². The second-order valence-electron chi connectivity index (χ2n) is 8.48. The zero-order valence-electron chi connectivity index (χ0n) is 17.0. The van der Waals surface area contributed by atoms with E-state index in [0.29, 0.717) is 11.4 Å². The van der Waals surface area contributed by atoms with E-state index in [2.05, 4.69) is 27.9 Å². The molecule has 0 bridgehead atoms. The number of H-pyrrole nitrogens is 1. The van der Waals surface area contributed by atoms with Crippen molar-refractivity contribution in [3.63, 3.8) is 0 Å². The van der Waals surface area contributed by atoms with Gasteiger partial charge in [-0.1, -0.05) is 18.5 Å². The summed E-state index contributed by atoms with van der Waals surface area (Å²) in [5.74, 6) is 2.51. The number of fused-ring (bicyclic) bond motifs is 1. The summed E-state index contributed by atoms with van der Waals surface area (Å²) in [6, 6.07) is 4.04. The fourth-order valence-electron chi connectivity index (χ4n) is 4.75. The molecule has 5 heterocycles. The topological polar surface area (TPSA) is 75.5 Å². The molecule has 0 radical (unpaired) electrons. The maximum absolute atomic E-state index is 12.8. The summed E-state index contributed by atoms with van der Waals surface area (Å²) < 4.78 is 8.21. The van der Waals surface area contributed by atoms with Gasteiger partial charge in [-0.25, -0.2) is 9.50 Å². The van der Waals surface area contributed by atoms with E-state index in [9.17, 15) is 4.79 Å². The van der Waals surface area contributed by atoms with E-state index < -0.39 is 0 Å². The van der Waals surface area contributed by atoms with Crippen LogP contribution < -0.4 is 5.56 Å². The molecule has 3 unspecified atom stereocenters. The predicted octanol–water partition coefficient (Wildman–Crippen LogP) is 3.65. The van der Waals surface area contributed by atoms with Crippen molar-refractivity contribution >= 4 is 28.5 Å². The third-order valence-electron chi connectivity index (χ3n) is 6.31. The van der Waals surface area contributed by atoms with Crippen LogP contribution in [0.15, 0.2) is 23.1 Å². The lowest BCUT2D eigenvalue weighted by molar-refractivity contribution is 0.143. The molecule has 5 rings (SSSR count). The summed E-state index contributed by atoms with van der Waals surface area (Å²) >= 11 is 7.71. The second-order valence-corrected chi connectivity index (χ2v) is 10.3. The largest absolute Gasteiger partial charge is 0.381 e. The van der Waals surface area contributed by atoms with Crippen molar-refractivity contribution in [2.24, 2.45) is 5.92 Å². The van der Waals surface area contributed by atoms with Crippen LogP contribution in [-0.2, 0) is 11.3 Å². The number of likely N-dealkylation sites (tertiary alicyclic amines) is 1. The quantitative estimate of drug-likeness (QED) is 0.660. The summed E-state index contributed by atoms with van der Waals surface area (Å²) in [6.07, 6.45) is 4.60. The Morgan fingerprint density at radius 2 is 2.20 bits per heavy atom. The molecule has 0 spiro atoms. The van der Waals surface area contributed by atoms with Crippen LogP contribution in [0, 0.1) is 5.92 Å². The number of aromatic nitrogens is 4. The minimum atomic E-state index is -0.112.